The maximum atomic E-state index is 3.51. The van der Waals surface area contributed by atoms with Gasteiger partial charge in [-0.05, 0) is 29.3 Å². The van der Waals surface area contributed by atoms with Gasteiger partial charge in [0.1, 0.15) is 0 Å². The fraction of sp³-hybridized carbons (Fsp3) is 0.0833. The van der Waals surface area contributed by atoms with E-state index in [-0.39, 0.29) is 5.92 Å². The Morgan fingerprint density at radius 1 is 0.760 bits per heavy atom. The molecule has 1 heteroatoms. The molecular weight excluding hydrogens is 302 g/mol. The maximum absolute atomic E-state index is 3.51. The van der Waals surface area contributed by atoms with Gasteiger partial charge in [-0.15, -0.1) is 0 Å². The highest BCUT2D eigenvalue weighted by Crippen LogP contribution is 2.31. The minimum absolute atomic E-state index is 0.0486. The molecule has 0 aliphatic rings. The van der Waals surface area contributed by atoms with Crippen molar-refractivity contribution in [2.75, 3.05) is 0 Å². The van der Waals surface area contributed by atoms with E-state index in [1.54, 1.807) is 0 Å². The van der Waals surface area contributed by atoms with E-state index in [4.69, 9.17) is 0 Å². The number of benzene rings is 3. The minimum atomic E-state index is 0.0486. The monoisotopic (exact) mass is 321 g/mol. The summed E-state index contributed by atoms with van der Waals surface area (Å²) in [7, 11) is 2.10. The van der Waals surface area contributed by atoms with E-state index < -0.39 is 0 Å². The first kappa shape index (κ1) is 15.3. The Bertz CT molecular complexity index is 1050. The standard InChI is InChI=1S/C24H19N/c1-25-18-23(22-14-8-9-15-24(22)25)21(20-12-6-3-7-13-20)17-16-19-10-4-2-5-11-19/h2-15,18,21H,1H3. The number of aryl methyl sites for hydroxylation is 1. The molecule has 120 valence electrons. The quantitative estimate of drug-likeness (QED) is 0.438. The molecule has 1 heterocycles. The van der Waals surface area contributed by atoms with Gasteiger partial charge in [-0.2, -0.15) is 0 Å². The molecule has 25 heavy (non-hydrogen) atoms. The molecule has 0 bridgehead atoms. The molecule has 3 aromatic carbocycles. The van der Waals surface area contributed by atoms with Gasteiger partial charge in [-0.3, -0.25) is 0 Å². The summed E-state index contributed by atoms with van der Waals surface area (Å²) < 4.78 is 2.19. The fourth-order valence-electron chi connectivity index (χ4n) is 3.27. The van der Waals surface area contributed by atoms with E-state index in [0.717, 1.165) is 5.56 Å². The van der Waals surface area contributed by atoms with Crippen LogP contribution < -0.4 is 0 Å². The van der Waals surface area contributed by atoms with Crippen LogP contribution in [0, 0.1) is 11.8 Å². The predicted octanol–water partition coefficient (Wildman–Crippen LogP) is 5.36. The zero-order valence-electron chi connectivity index (χ0n) is 14.2. The minimum Gasteiger partial charge on any atom is -0.350 e. The van der Waals surface area contributed by atoms with Crippen molar-refractivity contribution in [1.82, 2.24) is 4.57 Å². The number of para-hydroxylation sites is 1. The Morgan fingerprint density at radius 2 is 1.40 bits per heavy atom. The number of aromatic nitrogens is 1. The SMILES string of the molecule is Cn1cc(C(C#Cc2ccccc2)c2ccccc2)c2ccccc21. The second kappa shape index (κ2) is 6.71. The van der Waals surface area contributed by atoms with Gasteiger partial charge in [-0.25, -0.2) is 0 Å². The van der Waals surface area contributed by atoms with Gasteiger partial charge in [0.2, 0.25) is 0 Å². The number of hydrogen-bond donors (Lipinski definition) is 0. The van der Waals surface area contributed by atoms with Crippen molar-refractivity contribution in [2.45, 2.75) is 5.92 Å². The summed E-state index contributed by atoms with van der Waals surface area (Å²) in [6, 6.07) is 29.2. The summed E-state index contributed by atoms with van der Waals surface area (Å²) in [5, 5.41) is 1.27. The van der Waals surface area contributed by atoms with Gasteiger partial charge < -0.3 is 4.57 Å². The van der Waals surface area contributed by atoms with Crippen LogP contribution in [0.2, 0.25) is 0 Å². The van der Waals surface area contributed by atoms with Crippen LogP contribution in [-0.4, -0.2) is 4.57 Å². The van der Waals surface area contributed by atoms with Crippen molar-refractivity contribution < 1.29 is 0 Å². The lowest BCUT2D eigenvalue weighted by atomic mass is 9.91. The Balaban J connectivity index is 1.88. The highest BCUT2D eigenvalue weighted by molar-refractivity contribution is 5.85. The Labute approximate surface area is 148 Å². The Morgan fingerprint density at radius 3 is 2.16 bits per heavy atom. The van der Waals surface area contributed by atoms with Crippen LogP contribution in [0.25, 0.3) is 10.9 Å². The van der Waals surface area contributed by atoms with Gasteiger partial charge in [0.05, 0.1) is 5.92 Å². The Kier molecular flexibility index (Phi) is 4.11. The van der Waals surface area contributed by atoms with Crippen molar-refractivity contribution in [3.05, 3.63) is 108 Å². The molecule has 0 amide bonds. The van der Waals surface area contributed by atoms with Crippen molar-refractivity contribution in [2.24, 2.45) is 7.05 Å². The van der Waals surface area contributed by atoms with E-state index in [1.807, 2.05) is 24.3 Å². The molecule has 4 aromatic rings. The first-order valence-corrected chi connectivity index (χ1v) is 8.48. The van der Waals surface area contributed by atoms with Gasteiger partial charge in [0.25, 0.3) is 0 Å². The van der Waals surface area contributed by atoms with Crippen LogP contribution in [0.1, 0.15) is 22.6 Å². The fourth-order valence-corrected chi connectivity index (χ4v) is 3.27. The smallest absolute Gasteiger partial charge is 0.0726 e. The molecule has 1 unspecified atom stereocenters. The van der Waals surface area contributed by atoms with Gasteiger partial charge in [0.15, 0.2) is 0 Å². The van der Waals surface area contributed by atoms with Gasteiger partial charge in [-0.1, -0.05) is 78.6 Å². The second-order valence-electron chi connectivity index (χ2n) is 6.19. The number of nitrogens with zero attached hydrogens (tertiary/aromatic N) is 1. The molecule has 0 N–H and O–H groups in total. The summed E-state index contributed by atoms with van der Waals surface area (Å²) in [5.74, 6) is 6.92. The van der Waals surface area contributed by atoms with Crippen LogP contribution in [0.5, 0.6) is 0 Å². The van der Waals surface area contributed by atoms with Crippen LogP contribution in [-0.2, 0) is 7.05 Å². The topological polar surface area (TPSA) is 4.93 Å². The highest BCUT2D eigenvalue weighted by atomic mass is 14.9. The third-order valence-corrected chi connectivity index (χ3v) is 4.51. The molecular formula is C24H19N. The number of hydrogen-bond acceptors (Lipinski definition) is 0. The molecule has 0 saturated carbocycles. The van der Waals surface area contributed by atoms with Crippen LogP contribution in [0.4, 0.5) is 0 Å². The molecule has 1 nitrogen and oxygen atoms in total. The molecule has 0 fully saturated rings. The summed E-state index contributed by atoms with van der Waals surface area (Å²) in [4.78, 5) is 0. The normalized spacial score (nSPS) is 11.7. The summed E-state index contributed by atoms with van der Waals surface area (Å²) in [5.41, 5.74) is 4.76. The van der Waals surface area contributed by atoms with E-state index in [1.165, 1.54) is 22.0 Å². The van der Waals surface area contributed by atoms with Gasteiger partial charge in [0, 0.05) is 29.7 Å². The predicted molar refractivity (Wildman–Crippen MR) is 105 cm³/mol. The third kappa shape index (κ3) is 3.07. The van der Waals surface area contributed by atoms with Crippen molar-refractivity contribution >= 4 is 10.9 Å². The first-order chi connectivity index (χ1) is 12.3. The van der Waals surface area contributed by atoms with E-state index in [9.17, 15) is 0 Å². The van der Waals surface area contributed by atoms with Crippen LogP contribution in [0.3, 0.4) is 0 Å². The lowest BCUT2D eigenvalue weighted by Crippen LogP contribution is -1.98. The summed E-state index contributed by atoms with van der Waals surface area (Å²) in [6.45, 7) is 0. The molecule has 0 aliphatic carbocycles. The largest absolute Gasteiger partial charge is 0.350 e. The summed E-state index contributed by atoms with van der Waals surface area (Å²) in [6.07, 6.45) is 2.21. The highest BCUT2D eigenvalue weighted by Gasteiger charge is 2.16. The van der Waals surface area contributed by atoms with Crippen LogP contribution >= 0.6 is 0 Å². The lowest BCUT2D eigenvalue weighted by molar-refractivity contribution is 0.947. The van der Waals surface area contributed by atoms with E-state index in [2.05, 4.69) is 90.3 Å². The zero-order chi connectivity index (χ0) is 17.1. The zero-order valence-corrected chi connectivity index (χ0v) is 14.2. The maximum Gasteiger partial charge on any atom is 0.0726 e. The second-order valence-corrected chi connectivity index (χ2v) is 6.19. The summed E-state index contributed by atoms with van der Waals surface area (Å²) >= 11 is 0. The molecule has 1 aromatic heterocycles. The average molecular weight is 321 g/mol. The average Bonchev–Trinajstić information content (AvgIpc) is 3.01. The van der Waals surface area contributed by atoms with Crippen molar-refractivity contribution in [3.8, 4) is 11.8 Å². The van der Waals surface area contributed by atoms with Crippen LogP contribution in [0.15, 0.2) is 91.1 Å². The molecule has 0 spiro atoms. The molecule has 0 radical (unpaired) electrons. The molecule has 0 aliphatic heterocycles. The van der Waals surface area contributed by atoms with Crippen molar-refractivity contribution in [3.63, 3.8) is 0 Å². The van der Waals surface area contributed by atoms with Gasteiger partial charge >= 0.3 is 0 Å². The lowest BCUT2D eigenvalue weighted by Gasteiger charge is -2.10. The molecule has 0 saturated heterocycles. The first-order valence-electron chi connectivity index (χ1n) is 8.48. The molecule has 4 rings (SSSR count). The van der Waals surface area contributed by atoms with E-state index in [0.29, 0.717) is 0 Å². The number of fused-ring (bicyclic) bond motifs is 1. The third-order valence-electron chi connectivity index (χ3n) is 4.51. The van der Waals surface area contributed by atoms with E-state index >= 15 is 0 Å². The number of rotatable bonds is 2. The Hall–Kier alpha value is -3.24. The van der Waals surface area contributed by atoms with Crippen molar-refractivity contribution in [1.29, 1.82) is 0 Å². The molecule has 1 atom stereocenters.